The second-order valence-corrected chi connectivity index (χ2v) is 4.10. The van der Waals surface area contributed by atoms with Gasteiger partial charge in [0.2, 0.25) is 5.88 Å². The SMILES string of the molecule is COc1ccc(-n2c(=O)cc(C(F)(F)F)n(C)c2=O)cn1. The Kier molecular flexibility index (Phi) is 3.58. The number of halogens is 3. The van der Waals surface area contributed by atoms with Crippen molar-refractivity contribution in [1.29, 1.82) is 0 Å². The van der Waals surface area contributed by atoms with Gasteiger partial charge in [0.15, 0.2) is 0 Å². The lowest BCUT2D eigenvalue weighted by atomic mass is 10.3. The van der Waals surface area contributed by atoms with Crippen LogP contribution in [0.3, 0.4) is 0 Å². The zero-order chi connectivity index (χ0) is 15.8. The number of rotatable bonds is 2. The maximum absolute atomic E-state index is 12.7. The molecule has 21 heavy (non-hydrogen) atoms. The third kappa shape index (κ3) is 2.67. The number of pyridine rings is 1. The van der Waals surface area contributed by atoms with E-state index in [1.165, 1.54) is 19.2 Å². The van der Waals surface area contributed by atoms with E-state index in [2.05, 4.69) is 4.98 Å². The molecule has 0 unspecified atom stereocenters. The normalized spacial score (nSPS) is 11.5. The topological polar surface area (TPSA) is 66.1 Å². The lowest BCUT2D eigenvalue weighted by Gasteiger charge is -2.13. The molecule has 2 aromatic rings. The highest BCUT2D eigenvalue weighted by Gasteiger charge is 2.35. The van der Waals surface area contributed by atoms with E-state index in [-0.39, 0.29) is 11.6 Å². The van der Waals surface area contributed by atoms with Crippen LogP contribution < -0.4 is 16.0 Å². The molecule has 0 fully saturated rings. The van der Waals surface area contributed by atoms with E-state index in [1.54, 1.807) is 0 Å². The molecule has 2 rings (SSSR count). The van der Waals surface area contributed by atoms with Gasteiger partial charge in [-0.1, -0.05) is 0 Å². The van der Waals surface area contributed by atoms with Crippen LogP contribution in [-0.2, 0) is 13.2 Å². The second kappa shape index (κ2) is 5.08. The summed E-state index contributed by atoms with van der Waals surface area (Å²) in [5, 5.41) is 0. The molecule has 9 heteroatoms. The highest BCUT2D eigenvalue weighted by molar-refractivity contribution is 5.31. The Balaban J connectivity index is 2.68. The number of nitrogens with zero attached hydrogens (tertiary/aromatic N) is 3. The molecule has 0 saturated carbocycles. The molecule has 0 amide bonds. The first-order valence-electron chi connectivity index (χ1n) is 5.66. The summed E-state index contributed by atoms with van der Waals surface area (Å²) in [6.45, 7) is 0. The van der Waals surface area contributed by atoms with Gasteiger partial charge in [0.25, 0.3) is 5.56 Å². The zero-order valence-electron chi connectivity index (χ0n) is 11.0. The summed E-state index contributed by atoms with van der Waals surface area (Å²) < 4.78 is 43.9. The van der Waals surface area contributed by atoms with Gasteiger partial charge >= 0.3 is 11.9 Å². The third-order valence-corrected chi connectivity index (χ3v) is 2.80. The Labute approximate surface area is 116 Å². The van der Waals surface area contributed by atoms with Gasteiger partial charge in [0.05, 0.1) is 19.0 Å². The smallest absolute Gasteiger partial charge is 0.431 e. The molecule has 0 aliphatic rings. The van der Waals surface area contributed by atoms with E-state index in [1.807, 2.05) is 0 Å². The quantitative estimate of drug-likeness (QED) is 0.828. The minimum Gasteiger partial charge on any atom is -0.481 e. The van der Waals surface area contributed by atoms with Gasteiger partial charge in [0.1, 0.15) is 5.69 Å². The van der Waals surface area contributed by atoms with Crippen LogP contribution in [0.2, 0.25) is 0 Å². The van der Waals surface area contributed by atoms with Gasteiger partial charge in [-0.05, 0) is 6.07 Å². The van der Waals surface area contributed by atoms with Crippen molar-refractivity contribution in [2.24, 2.45) is 7.05 Å². The van der Waals surface area contributed by atoms with Crippen LogP contribution in [0.5, 0.6) is 5.88 Å². The minimum absolute atomic E-state index is 0.0510. The summed E-state index contributed by atoms with van der Waals surface area (Å²) in [7, 11) is 2.32. The molecule has 6 nitrogen and oxygen atoms in total. The summed E-state index contributed by atoms with van der Waals surface area (Å²) >= 11 is 0. The predicted octanol–water partition coefficient (Wildman–Crippen LogP) is 0.959. The molecule has 0 atom stereocenters. The van der Waals surface area contributed by atoms with E-state index < -0.39 is 23.1 Å². The number of alkyl halides is 3. The van der Waals surface area contributed by atoms with Gasteiger partial charge in [-0.3, -0.25) is 9.36 Å². The van der Waals surface area contributed by atoms with Crippen molar-refractivity contribution in [2.45, 2.75) is 6.18 Å². The van der Waals surface area contributed by atoms with Crippen molar-refractivity contribution in [3.63, 3.8) is 0 Å². The zero-order valence-corrected chi connectivity index (χ0v) is 11.0. The van der Waals surface area contributed by atoms with Gasteiger partial charge in [-0.2, -0.15) is 13.2 Å². The molecule has 0 aromatic carbocycles. The van der Waals surface area contributed by atoms with Crippen LogP contribution in [0.1, 0.15) is 5.69 Å². The van der Waals surface area contributed by atoms with Crippen molar-refractivity contribution in [3.8, 4) is 11.6 Å². The second-order valence-electron chi connectivity index (χ2n) is 4.10. The van der Waals surface area contributed by atoms with Crippen LogP contribution in [0.15, 0.2) is 34.0 Å². The van der Waals surface area contributed by atoms with Crippen LogP contribution in [0.25, 0.3) is 5.69 Å². The van der Waals surface area contributed by atoms with Crippen molar-refractivity contribution in [2.75, 3.05) is 7.11 Å². The fraction of sp³-hybridized carbons (Fsp3) is 0.250. The van der Waals surface area contributed by atoms with Crippen LogP contribution in [0, 0.1) is 0 Å². The molecule has 0 radical (unpaired) electrons. The first kappa shape index (κ1) is 14.8. The highest BCUT2D eigenvalue weighted by atomic mass is 19.4. The van der Waals surface area contributed by atoms with Crippen molar-refractivity contribution < 1.29 is 17.9 Å². The van der Waals surface area contributed by atoms with Gasteiger partial charge in [0, 0.05) is 19.2 Å². The molecule has 0 N–H and O–H groups in total. The summed E-state index contributed by atoms with van der Waals surface area (Å²) in [5.41, 5.74) is -3.45. The fourth-order valence-electron chi connectivity index (χ4n) is 1.76. The van der Waals surface area contributed by atoms with Crippen molar-refractivity contribution in [3.05, 3.63) is 50.9 Å². The molecule has 2 aromatic heterocycles. The van der Waals surface area contributed by atoms with Gasteiger partial charge in [-0.25, -0.2) is 14.3 Å². The summed E-state index contributed by atoms with van der Waals surface area (Å²) in [6, 6.07) is 3.10. The molecular formula is C12H10F3N3O3. The minimum atomic E-state index is -4.79. The molecule has 112 valence electrons. The standard InChI is InChI=1S/C12H10F3N3O3/c1-17-8(12(13,14)15)5-10(19)18(11(17)20)7-3-4-9(21-2)16-6-7/h3-6H,1-2H3. The molecule has 0 bridgehead atoms. The third-order valence-electron chi connectivity index (χ3n) is 2.80. The number of aromatic nitrogens is 3. The highest BCUT2D eigenvalue weighted by Crippen LogP contribution is 2.26. The van der Waals surface area contributed by atoms with Crippen LogP contribution >= 0.6 is 0 Å². The summed E-state index contributed by atoms with van der Waals surface area (Å²) in [6.07, 6.45) is -3.63. The molecule has 2 heterocycles. The van der Waals surface area contributed by atoms with Crippen LogP contribution in [-0.4, -0.2) is 21.2 Å². The Morgan fingerprint density at radius 3 is 2.38 bits per heavy atom. The van der Waals surface area contributed by atoms with E-state index in [0.29, 0.717) is 15.2 Å². The molecule has 0 saturated heterocycles. The summed E-state index contributed by atoms with van der Waals surface area (Å²) in [5.74, 6) is 0.246. The van der Waals surface area contributed by atoms with E-state index in [9.17, 15) is 22.8 Å². The molecule has 0 spiro atoms. The van der Waals surface area contributed by atoms with E-state index >= 15 is 0 Å². The Bertz CT molecular complexity index is 776. The van der Waals surface area contributed by atoms with Gasteiger partial charge < -0.3 is 4.74 Å². The lowest BCUT2D eigenvalue weighted by Crippen LogP contribution is -2.40. The first-order valence-corrected chi connectivity index (χ1v) is 5.66. The summed E-state index contributed by atoms with van der Waals surface area (Å²) in [4.78, 5) is 27.6. The average molecular weight is 301 g/mol. The fourth-order valence-corrected chi connectivity index (χ4v) is 1.76. The average Bonchev–Trinajstić information content (AvgIpc) is 2.42. The Morgan fingerprint density at radius 2 is 1.90 bits per heavy atom. The maximum atomic E-state index is 12.7. The number of methoxy groups -OCH3 is 1. The monoisotopic (exact) mass is 301 g/mol. The van der Waals surface area contributed by atoms with E-state index in [0.717, 1.165) is 13.2 Å². The van der Waals surface area contributed by atoms with Gasteiger partial charge in [-0.15, -0.1) is 0 Å². The first-order chi connectivity index (χ1) is 9.75. The molecular weight excluding hydrogens is 291 g/mol. The largest absolute Gasteiger partial charge is 0.481 e. The number of hydrogen-bond acceptors (Lipinski definition) is 4. The maximum Gasteiger partial charge on any atom is 0.431 e. The Hall–Kier alpha value is -2.58. The van der Waals surface area contributed by atoms with E-state index in [4.69, 9.17) is 4.74 Å². The van der Waals surface area contributed by atoms with Crippen molar-refractivity contribution >= 4 is 0 Å². The Morgan fingerprint density at radius 1 is 1.24 bits per heavy atom. The predicted molar refractivity (Wildman–Crippen MR) is 66.6 cm³/mol. The molecule has 0 aliphatic heterocycles. The molecule has 0 aliphatic carbocycles. The van der Waals surface area contributed by atoms with Crippen molar-refractivity contribution in [1.82, 2.24) is 14.1 Å². The number of hydrogen-bond donors (Lipinski definition) is 0. The lowest BCUT2D eigenvalue weighted by molar-refractivity contribution is -0.144. The van der Waals surface area contributed by atoms with Crippen LogP contribution in [0.4, 0.5) is 13.2 Å². The number of ether oxygens (including phenoxy) is 1.